The van der Waals surface area contributed by atoms with Crippen LogP contribution in [0.5, 0.6) is 5.75 Å². The second-order valence-electron chi connectivity index (χ2n) is 5.58. The minimum atomic E-state index is -0.461. The number of aromatic nitrogens is 1. The predicted octanol–water partition coefficient (Wildman–Crippen LogP) is 5.63. The Balaban J connectivity index is 1.55. The van der Waals surface area contributed by atoms with Crippen LogP contribution in [-0.4, -0.2) is 17.5 Å². The third-order valence-corrected chi connectivity index (χ3v) is 5.88. The number of thiazole rings is 1. The van der Waals surface area contributed by atoms with E-state index in [1.54, 1.807) is 22.7 Å². The van der Waals surface area contributed by atoms with Gasteiger partial charge in [-0.3, -0.25) is 4.79 Å². The van der Waals surface area contributed by atoms with Gasteiger partial charge in [-0.25, -0.2) is 9.37 Å². The van der Waals surface area contributed by atoms with Crippen LogP contribution in [0.15, 0.2) is 35.7 Å². The average Bonchev–Trinajstić information content (AvgIpc) is 3.20. The molecule has 4 rings (SSSR count). The number of amides is 1. The lowest BCUT2D eigenvalue weighted by molar-refractivity contribution is -0.118. The van der Waals surface area contributed by atoms with E-state index in [2.05, 4.69) is 10.3 Å². The van der Waals surface area contributed by atoms with Gasteiger partial charge >= 0.3 is 0 Å². The lowest BCUT2D eigenvalue weighted by atomic mass is 10.2. The topological polar surface area (TPSA) is 51.2 Å². The van der Waals surface area contributed by atoms with Crippen LogP contribution in [0, 0.1) is 12.7 Å². The van der Waals surface area contributed by atoms with Crippen LogP contribution in [0.25, 0.3) is 20.3 Å². The number of nitrogens with one attached hydrogen (secondary N) is 1. The summed E-state index contributed by atoms with van der Waals surface area (Å²) in [4.78, 5) is 16.7. The number of fused-ring (bicyclic) bond motifs is 3. The molecule has 0 aliphatic carbocycles. The van der Waals surface area contributed by atoms with Crippen LogP contribution in [0.2, 0.25) is 5.02 Å². The molecule has 0 aliphatic rings. The summed E-state index contributed by atoms with van der Waals surface area (Å²) < 4.78 is 20.9. The largest absolute Gasteiger partial charge is 0.483 e. The fourth-order valence-electron chi connectivity index (χ4n) is 2.63. The van der Waals surface area contributed by atoms with Crippen LogP contribution < -0.4 is 10.1 Å². The summed E-state index contributed by atoms with van der Waals surface area (Å²) in [5, 5.41) is 6.65. The summed E-state index contributed by atoms with van der Waals surface area (Å²) in [6.45, 7) is 1.78. The van der Waals surface area contributed by atoms with Gasteiger partial charge in [-0.15, -0.1) is 22.7 Å². The highest BCUT2D eigenvalue weighted by Crippen LogP contribution is 2.38. The van der Waals surface area contributed by atoms with Crippen LogP contribution in [0.1, 0.15) is 5.01 Å². The number of thiophene rings is 1. The second-order valence-corrected chi connectivity index (χ2v) is 8.14. The Morgan fingerprint density at radius 1 is 1.35 bits per heavy atom. The van der Waals surface area contributed by atoms with Gasteiger partial charge in [0.25, 0.3) is 5.91 Å². The molecule has 2 heterocycles. The third kappa shape index (κ3) is 3.25. The highest BCUT2D eigenvalue weighted by Gasteiger charge is 2.14. The number of carbonyl (C=O) groups excluding carboxylic acids is 1. The number of aryl methyl sites for hydroxylation is 1. The molecule has 0 atom stereocenters. The van der Waals surface area contributed by atoms with Gasteiger partial charge in [0.05, 0.1) is 30.6 Å². The monoisotopic (exact) mass is 406 g/mol. The predicted molar refractivity (Wildman–Crippen MR) is 105 cm³/mol. The van der Waals surface area contributed by atoms with Gasteiger partial charge in [-0.05, 0) is 36.6 Å². The van der Waals surface area contributed by atoms with E-state index in [-0.39, 0.29) is 17.5 Å². The summed E-state index contributed by atoms with van der Waals surface area (Å²) >= 11 is 9.10. The number of ether oxygens (including phenoxy) is 1. The number of anilines is 1. The third-order valence-electron chi connectivity index (χ3n) is 3.73. The van der Waals surface area contributed by atoms with Crippen LogP contribution in [0.3, 0.4) is 0 Å². The fraction of sp³-hybridized carbons (Fsp3) is 0.111. The maximum absolute atomic E-state index is 13.1. The molecule has 4 aromatic rings. The first-order valence-corrected chi connectivity index (χ1v) is 9.74. The summed E-state index contributed by atoms with van der Waals surface area (Å²) in [5.41, 5.74) is 1.31. The standard InChI is InChI=1S/C18H12ClFN2O2S2/c1-9-21-17-15(26-9)7-14(11-4-5-25-18(11)17)24-8-16(23)22-13-3-2-10(20)6-12(13)19/h2-7H,8H2,1H3,(H,22,23). The summed E-state index contributed by atoms with van der Waals surface area (Å²) in [5.74, 6) is -0.197. The van der Waals surface area contributed by atoms with Gasteiger partial charge in [0.2, 0.25) is 0 Å². The lowest BCUT2D eigenvalue weighted by Gasteiger charge is -2.10. The van der Waals surface area contributed by atoms with Crippen molar-refractivity contribution in [2.45, 2.75) is 6.92 Å². The SMILES string of the molecule is Cc1nc2c(cc(OCC(=O)Nc3ccc(F)cc3Cl)c3ccsc32)s1. The molecule has 0 radical (unpaired) electrons. The molecule has 26 heavy (non-hydrogen) atoms. The van der Waals surface area contributed by atoms with Gasteiger partial charge in [-0.1, -0.05) is 11.6 Å². The molecule has 0 saturated heterocycles. The first-order chi connectivity index (χ1) is 12.5. The van der Waals surface area contributed by atoms with Crippen molar-refractivity contribution in [3.05, 3.63) is 51.6 Å². The van der Waals surface area contributed by atoms with Gasteiger partial charge in [0.1, 0.15) is 11.6 Å². The average molecular weight is 407 g/mol. The molecule has 0 fully saturated rings. The van der Waals surface area contributed by atoms with Crippen molar-refractivity contribution in [2.24, 2.45) is 0 Å². The Morgan fingerprint density at radius 2 is 2.19 bits per heavy atom. The molecule has 0 bridgehead atoms. The van der Waals surface area contributed by atoms with Crippen molar-refractivity contribution in [3.8, 4) is 5.75 Å². The summed E-state index contributed by atoms with van der Waals surface area (Å²) in [7, 11) is 0. The number of nitrogens with zero attached hydrogens (tertiary/aromatic N) is 1. The molecule has 4 nitrogen and oxygen atoms in total. The normalized spacial score (nSPS) is 11.2. The molecule has 8 heteroatoms. The first kappa shape index (κ1) is 17.2. The van der Waals surface area contributed by atoms with E-state index in [0.29, 0.717) is 11.4 Å². The van der Waals surface area contributed by atoms with Gasteiger partial charge < -0.3 is 10.1 Å². The molecule has 2 aromatic heterocycles. The van der Waals surface area contributed by atoms with Crippen LogP contribution in [0.4, 0.5) is 10.1 Å². The second kappa shape index (κ2) is 6.83. The summed E-state index contributed by atoms with van der Waals surface area (Å²) in [6.07, 6.45) is 0. The van der Waals surface area contributed by atoms with E-state index >= 15 is 0 Å². The van der Waals surface area contributed by atoms with E-state index < -0.39 is 5.82 Å². The first-order valence-electron chi connectivity index (χ1n) is 7.66. The van der Waals surface area contributed by atoms with E-state index in [9.17, 15) is 9.18 Å². The van der Waals surface area contributed by atoms with Crippen molar-refractivity contribution in [2.75, 3.05) is 11.9 Å². The van der Waals surface area contributed by atoms with E-state index in [0.717, 1.165) is 31.4 Å². The minimum Gasteiger partial charge on any atom is -0.483 e. The van der Waals surface area contributed by atoms with Crippen molar-refractivity contribution in [3.63, 3.8) is 0 Å². The molecular formula is C18H12ClFN2O2S2. The molecule has 132 valence electrons. The maximum Gasteiger partial charge on any atom is 0.262 e. The van der Waals surface area contributed by atoms with Crippen LogP contribution >= 0.6 is 34.3 Å². The molecule has 0 unspecified atom stereocenters. The Hall–Kier alpha value is -2.22. The molecule has 2 aromatic carbocycles. The molecular weight excluding hydrogens is 395 g/mol. The van der Waals surface area contributed by atoms with Gasteiger partial charge in [0, 0.05) is 11.5 Å². The molecule has 0 saturated carbocycles. The molecule has 0 aliphatic heterocycles. The van der Waals surface area contributed by atoms with E-state index in [4.69, 9.17) is 16.3 Å². The Kier molecular flexibility index (Phi) is 4.52. The Morgan fingerprint density at radius 3 is 3.00 bits per heavy atom. The number of hydrogen-bond acceptors (Lipinski definition) is 5. The van der Waals surface area contributed by atoms with Crippen molar-refractivity contribution in [1.82, 2.24) is 4.98 Å². The van der Waals surface area contributed by atoms with Crippen molar-refractivity contribution in [1.29, 1.82) is 0 Å². The van der Waals surface area contributed by atoms with E-state index in [1.807, 2.05) is 24.4 Å². The highest BCUT2D eigenvalue weighted by molar-refractivity contribution is 7.21. The zero-order chi connectivity index (χ0) is 18.3. The minimum absolute atomic E-state index is 0.139. The quantitative estimate of drug-likeness (QED) is 0.478. The van der Waals surface area contributed by atoms with Crippen molar-refractivity contribution < 1.29 is 13.9 Å². The van der Waals surface area contributed by atoms with Gasteiger partial charge in [0.15, 0.2) is 6.61 Å². The number of halogens is 2. The molecule has 1 amide bonds. The van der Waals surface area contributed by atoms with Crippen molar-refractivity contribution >= 4 is 66.2 Å². The fourth-order valence-corrected chi connectivity index (χ4v) is 4.67. The Bertz CT molecular complexity index is 1140. The maximum atomic E-state index is 13.1. The number of rotatable bonds is 4. The van der Waals surface area contributed by atoms with Gasteiger partial charge in [-0.2, -0.15) is 0 Å². The van der Waals surface area contributed by atoms with Crippen LogP contribution in [-0.2, 0) is 4.79 Å². The smallest absolute Gasteiger partial charge is 0.262 e. The number of benzene rings is 2. The lowest BCUT2D eigenvalue weighted by Crippen LogP contribution is -2.20. The number of hydrogen-bond donors (Lipinski definition) is 1. The Labute approximate surface area is 161 Å². The number of carbonyl (C=O) groups is 1. The summed E-state index contributed by atoms with van der Waals surface area (Å²) in [6, 6.07) is 7.66. The zero-order valence-electron chi connectivity index (χ0n) is 13.5. The highest BCUT2D eigenvalue weighted by atomic mass is 35.5. The zero-order valence-corrected chi connectivity index (χ0v) is 15.9. The van der Waals surface area contributed by atoms with E-state index in [1.165, 1.54) is 12.1 Å². The molecule has 0 spiro atoms. The molecule has 1 N–H and O–H groups in total.